The van der Waals surface area contributed by atoms with Crippen molar-refractivity contribution in [3.8, 4) is 11.6 Å². The highest BCUT2D eigenvalue weighted by molar-refractivity contribution is 6.30. The van der Waals surface area contributed by atoms with E-state index < -0.39 is 0 Å². The third-order valence-corrected chi connectivity index (χ3v) is 4.40. The topological polar surface area (TPSA) is 68.0 Å². The summed E-state index contributed by atoms with van der Waals surface area (Å²) in [5.41, 5.74) is 3.55. The molecule has 0 saturated heterocycles. The number of hydrogen-bond acceptors (Lipinski definition) is 4. The molecule has 27 heavy (non-hydrogen) atoms. The lowest BCUT2D eigenvalue weighted by molar-refractivity contribution is 0.0954. The maximum absolute atomic E-state index is 12.4. The fourth-order valence-electron chi connectivity index (χ4n) is 2.74. The van der Waals surface area contributed by atoms with Gasteiger partial charge in [-0.1, -0.05) is 29.8 Å². The highest BCUT2D eigenvalue weighted by Gasteiger charge is 2.12. The summed E-state index contributed by atoms with van der Waals surface area (Å²) in [6, 6.07) is 18.3. The molecule has 2 aromatic heterocycles. The van der Waals surface area contributed by atoms with E-state index in [0.717, 1.165) is 12.0 Å². The van der Waals surface area contributed by atoms with Crippen LogP contribution in [-0.2, 0) is 6.42 Å². The minimum absolute atomic E-state index is 0.151. The minimum Gasteiger partial charge on any atom is -0.435 e. The van der Waals surface area contributed by atoms with Crippen molar-refractivity contribution in [3.05, 3.63) is 83.0 Å². The Balaban J connectivity index is 1.45. The lowest BCUT2D eigenvalue weighted by atomic mass is 10.1. The van der Waals surface area contributed by atoms with Crippen LogP contribution in [0.3, 0.4) is 0 Å². The summed E-state index contributed by atoms with van der Waals surface area (Å²) in [6.07, 6.45) is 2.42. The van der Waals surface area contributed by atoms with Crippen molar-refractivity contribution in [2.45, 2.75) is 6.42 Å². The van der Waals surface area contributed by atoms with Gasteiger partial charge in [-0.05, 0) is 54.4 Å². The quantitative estimate of drug-likeness (QED) is 0.555. The number of rotatable bonds is 5. The Kier molecular flexibility index (Phi) is 4.85. The van der Waals surface area contributed by atoms with Crippen LogP contribution in [0.5, 0.6) is 0 Å². The molecule has 0 saturated carbocycles. The van der Waals surface area contributed by atoms with E-state index in [-0.39, 0.29) is 5.91 Å². The lowest BCUT2D eigenvalue weighted by Crippen LogP contribution is -2.25. The molecule has 1 amide bonds. The number of hydrogen-bond donors (Lipinski definition) is 1. The second kappa shape index (κ2) is 7.60. The van der Waals surface area contributed by atoms with Gasteiger partial charge in [0.1, 0.15) is 11.2 Å². The summed E-state index contributed by atoms with van der Waals surface area (Å²) in [5, 5.41) is 3.62. The fourth-order valence-corrected chi connectivity index (χ4v) is 2.86. The van der Waals surface area contributed by atoms with Crippen LogP contribution in [0.15, 0.2) is 71.3 Å². The van der Waals surface area contributed by atoms with E-state index in [1.54, 1.807) is 24.4 Å². The van der Waals surface area contributed by atoms with Gasteiger partial charge in [-0.25, -0.2) is 4.98 Å². The largest absolute Gasteiger partial charge is 0.435 e. The molecule has 0 radical (unpaired) electrons. The fraction of sp³-hybridized carbons (Fsp3) is 0.0952. The third-order valence-electron chi connectivity index (χ3n) is 4.15. The van der Waals surface area contributed by atoms with Crippen molar-refractivity contribution in [1.82, 2.24) is 15.3 Å². The molecular weight excluding hydrogens is 362 g/mol. The Bertz CT molecular complexity index is 1080. The zero-order valence-electron chi connectivity index (χ0n) is 14.4. The molecule has 0 bridgehead atoms. The molecule has 6 heteroatoms. The number of benzene rings is 2. The number of aromatic nitrogens is 2. The van der Waals surface area contributed by atoms with Crippen LogP contribution in [0.25, 0.3) is 22.7 Å². The van der Waals surface area contributed by atoms with Crippen LogP contribution in [0.1, 0.15) is 15.9 Å². The van der Waals surface area contributed by atoms with Crippen molar-refractivity contribution in [3.63, 3.8) is 0 Å². The predicted molar refractivity (Wildman–Crippen MR) is 105 cm³/mol. The van der Waals surface area contributed by atoms with Gasteiger partial charge in [0.25, 0.3) is 5.91 Å². The summed E-state index contributed by atoms with van der Waals surface area (Å²) < 4.78 is 5.76. The molecule has 2 aromatic carbocycles. The average molecular weight is 378 g/mol. The van der Waals surface area contributed by atoms with E-state index >= 15 is 0 Å². The molecule has 134 valence electrons. The SMILES string of the molecule is O=C(NCCc1ccc(Cl)cc1)c1ccc2nc(-c3ccccn3)oc2c1. The van der Waals surface area contributed by atoms with Crippen LogP contribution in [0.4, 0.5) is 0 Å². The van der Waals surface area contributed by atoms with Crippen LogP contribution in [-0.4, -0.2) is 22.4 Å². The van der Waals surface area contributed by atoms with Gasteiger partial charge >= 0.3 is 0 Å². The van der Waals surface area contributed by atoms with E-state index in [9.17, 15) is 4.79 Å². The summed E-state index contributed by atoms with van der Waals surface area (Å²) in [7, 11) is 0. The molecule has 0 fully saturated rings. The maximum atomic E-state index is 12.4. The Morgan fingerprint density at radius 2 is 1.93 bits per heavy atom. The number of pyridine rings is 1. The monoisotopic (exact) mass is 377 g/mol. The minimum atomic E-state index is -0.151. The smallest absolute Gasteiger partial charge is 0.251 e. The third kappa shape index (κ3) is 3.99. The van der Waals surface area contributed by atoms with Gasteiger partial charge in [0.2, 0.25) is 5.89 Å². The van der Waals surface area contributed by atoms with Gasteiger partial charge in [0.15, 0.2) is 5.58 Å². The normalized spacial score (nSPS) is 10.9. The first-order valence-corrected chi connectivity index (χ1v) is 8.91. The zero-order valence-corrected chi connectivity index (χ0v) is 15.1. The van der Waals surface area contributed by atoms with Gasteiger partial charge in [-0.15, -0.1) is 0 Å². The van der Waals surface area contributed by atoms with Crippen molar-refractivity contribution in [2.24, 2.45) is 0 Å². The van der Waals surface area contributed by atoms with Crippen molar-refractivity contribution in [1.29, 1.82) is 0 Å². The highest BCUT2D eigenvalue weighted by Crippen LogP contribution is 2.23. The Hall–Kier alpha value is -3.18. The van der Waals surface area contributed by atoms with Gasteiger partial charge < -0.3 is 9.73 Å². The van der Waals surface area contributed by atoms with E-state index in [4.69, 9.17) is 16.0 Å². The molecule has 0 aliphatic rings. The molecule has 4 aromatic rings. The van der Waals surface area contributed by atoms with Crippen molar-refractivity contribution in [2.75, 3.05) is 6.54 Å². The summed E-state index contributed by atoms with van der Waals surface area (Å²) in [6.45, 7) is 0.536. The number of carbonyl (C=O) groups excluding carboxylic acids is 1. The van der Waals surface area contributed by atoms with Crippen LogP contribution >= 0.6 is 11.6 Å². The van der Waals surface area contributed by atoms with Crippen LogP contribution < -0.4 is 5.32 Å². The van der Waals surface area contributed by atoms with Crippen LogP contribution in [0, 0.1) is 0 Å². The molecule has 5 nitrogen and oxygen atoms in total. The number of nitrogens with zero attached hydrogens (tertiary/aromatic N) is 2. The molecule has 0 unspecified atom stereocenters. The average Bonchev–Trinajstić information content (AvgIpc) is 3.13. The molecule has 2 heterocycles. The molecule has 0 aliphatic heterocycles. The second-order valence-corrected chi connectivity index (χ2v) is 6.49. The van der Waals surface area contributed by atoms with E-state index in [2.05, 4.69) is 15.3 Å². The summed E-state index contributed by atoms with van der Waals surface area (Å²) in [5.74, 6) is 0.285. The van der Waals surface area contributed by atoms with Gasteiger partial charge in [-0.3, -0.25) is 9.78 Å². The number of halogens is 1. The first kappa shape index (κ1) is 17.2. The van der Waals surface area contributed by atoms with Crippen molar-refractivity contribution >= 4 is 28.6 Å². The molecule has 4 rings (SSSR count). The molecule has 1 N–H and O–H groups in total. The molecule has 0 aliphatic carbocycles. The Labute approximate surface area is 161 Å². The number of amides is 1. The molecular formula is C21H16ClN3O2. The molecule has 0 atom stereocenters. The maximum Gasteiger partial charge on any atom is 0.251 e. The Morgan fingerprint density at radius 3 is 2.70 bits per heavy atom. The van der Waals surface area contributed by atoms with Crippen molar-refractivity contribution < 1.29 is 9.21 Å². The summed E-state index contributed by atoms with van der Waals surface area (Å²) >= 11 is 5.88. The first-order valence-electron chi connectivity index (χ1n) is 8.54. The van der Waals surface area contributed by atoms with E-state index in [0.29, 0.717) is 39.8 Å². The first-order chi connectivity index (χ1) is 13.2. The Morgan fingerprint density at radius 1 is 1.07 bits per heavy atom. The van der Waals surface area contributed by atoms with E-state index in [1.165, 1.54) is 0 Å². The number of oxazole rings is 1. The zero-order chi connectivity index (χ0) is 18.6. The number of fused-ring (bicyclic) bond motifs is 1. The predicted octanol–water partition coefficient (Wildman–Crippen LogP) is 4.52. The van der Waals surface area contributed by atoms with Gasteiger partial charge in [0, 0.05) is 23.3 Å². The second-order valence-electron chi connectivity index (χ2n) is 6.05. The number of nitrogens with one attached hydrogen (secondary N) is 1. The highest BCUT2D eigenvalue weighted by atomic mass is 35.5. The summed E-state index contributed by atoms with van der Waals surface area (Å²) in [4.78, 5) is 21.1. The van der Waals surface area contributed by atoms with Gasteiger partial charge in [-0.2, -0.15) is 0 Å². The van der Waals surface area contributed by atoms with Gasteiger partial charge in [0.05, 0.1) is 0 Å². The molecule has 0 spiro atoms. The lowest BCUT2D eigenvalue weighted by Gasteiger charge is -2.05. The van der Waals surface area contributed by atoms with E-state index in [1.807, 2.05) is 42.5 Å². The van der Waals surface area contributed by atoms with Crippen LogP contribution in [0.2, 0.25) is 5.02 Å². The standard InChI is InChI=1S/C21H16ClN3O2/c22-16-7-4-14(5-8-16)10-12-24-20(26)15-6-9-17-19(13-15)27-21(25-17)18-3-1-2-11-23-18/h1-9,11,13H,10,12H2,(H,24,26). The number of carbonyl (C=O) groups is 1.